The summed E-state index contributed by atoms with van der Waals surface area (Å²) < 4.78 is 34.9. The maximum Gasteiger partial charge on any atom is 0.167 e. The molecule has 4 rings (SSSR count). The number of nitrogen functional groups attached to an aromatic ring is 1. The van der Waals surface area contributed by atoms with Crippen molar-refractivity contribution in [1.29, 1.82) is 10.7 Å². The smallest absolute Gasteiger partial charge is 0.167 e. The minimum Gasteiger partial charge on any atom is -0.486 e. The summed E-state index contributed by atoms with van der Waals surface area (Å²) in [7, 11) is 0. The first-order valence-corrected chi connectivity index (χ1v) is 10.6. The Balaban J connectivity index is 1.66. The molecule has 0 atom stereocenters. The van der Waals surface area contributed by atoms with Gasteiger partial charge in [-0.2, -0.15) is 5.26 Å². The van der Waals surface area contributed by atoms with Gasteiger partial charge in [-0.05, 0) is 24.6 Å². The van der Waals surface area contributed by atoms with Crippen molar-refractivity contribution < 1.29 is 13.5 Å². The molecule has 2 heterocycles. The highest BCUT2D eigenvalue weighted by atomic mass is 35.5. The van der Waals surface area contributed by atoms with Crippen molar-refractivity contribution in [2.24, 2.45) is 0 Å². The van der Waals surface area contributed by atoms with Gasteiger partial charge >= 0.3 is 0 Å². The number of pyridine rings is 1. The molecular formula is C23H17Cl2F2N5O. The fourth-order valence-corrected chi connectivity index (χ4v) is 3.94. The predicted molar refractivity (Wildman–Crippen MR) is 123 cm³/mol. The number of nitrogens with zero attached hydrogens (tertiary/aromatic N) is 3. The van der Waals surface area contributed by atoms with E-state index in [0.29, 0.717) is 18.7 Å². The van der Waals surface area contributed by atoms with Gasteiger partial charge in [-0.25, -0.2) is 8.78 Å². The Bertz CT molecular complexity index is 1280. The van der Waals surface area contributed by atoms with E-state index >= 15 is 0 Å². The third-order valence-electron chi connectivity index (χ3n) is 5.34. The maximum absolute atomic E-state index is 14.8. The van der Waals surface area contributed by atoms with Crippen LogP contribution in [-0.2, 0) is 6.61 Å². The van der Waals surface area contributed by atoms with Crippen LogP contribution in [0.25, 0.3) is 0 Å². The van der Waals surface area contributed by atoms with E-state index in [2.05, 4.69) is 4.98 Å². The summed E-state index contributed by atoms with van der Waals surface area (Å²) >= 11 is 12.2. The molecule has 1 saturated heterocycles. The summed E-state index contributed by atoms with van der Waals surface area (Å²) in [6.07, 6.45) is 3.70. The first-order chi connectivity index (χ1) is 15.8. The second kappa shape index (κ2) is 9.22. The van der Waals surface area contributed by atoms with Gasteiger partial charge in [-0.1, -0.05) is 23.2 Å². The molecule has 168 valence electrons. The highest BCUT2D eigenvalue weighted by molar-refractivity contribution is 6.35. The molecule has 0 spiro atoms. The van der Waals surface area contributed by atoms with Crippen LogP contribution in [0.3, 0.4) is 0 Å². The van der Waals surface area contributed by atoms with Crippen molar-refractivity contribution in [3.05, 3.63) is 80.6 Å². The van der Waals surface area contributed by atoms with E-state index in [1.54, 1.807) is 4.90 Å². The van der Waals surface area contributed by atoms with E-state index in [4.69, 9.17) is 39.1 Å². The highest BCUT2D eigenvalue weighted by Gasteiger charge is 2.24. The van der Waals surface area contributed by atoms with Crippen molar-refractivity contribution >= 4 is 40.3 Å². The molecule has 0 unspecified atom stereocenters. The lowest BCUT2D eigenvalue weighted by Crippen LogP contribution is -2.38. The average molecular weight is 488 g/mol. The van der Waals surface area contributed by atoms with Gasteiger partial charge in [0, 0.05) is 53.9 Å². The number of aromatic nitrogens is 1. The lowest BCUT2D eigenvalue weighted by Gasteiger charge is -2.34. The summed E-state index contributed by atoms with van der Waals surface area (Å²) in [5, 5.41) is 18.6. The van der Waals surface area contributed by atoms with Gasteiger partial charge < -0.3 is 15.4 Å². The standard InChI is InChI=1S/C23H17Cl2F2N5O/c24-16-9-31-10-17(25)15(16)11-33-21-6-14(20(29)7-18(21)26)22(30)12-4-13(8-28)23(19(27)5-12)32-2-1-3-32/h4-7,9-10,30H,1-3,11,29H2. The molecule has 0 bridgehead atoms. The van der Waals surface area contributed by atoms with Crippen LogP contribution in [-0.4, -0.2) is 23.8 Å². The van der Waals surface area contributed by atoms with Crippen molar-refractivity contribution in [2.45, 2.75) is 13.0 Å². The highest BCUT2D eigenvalue weighted by Crippen LogP contribution is 2.32. The second-order valence-electron chi connectivity index (χ2n) is 7.42. The minimum absolute atomic E-state index is 0.0319. The summed E-state index contributed by atoms with van der Waals surface area (Å²) in [6, 6.07) is 6.87. The Morgan fingerprint density at radius 1 is 1.15 bits per heavy atom. The normalized spacial score (nSPS) is 12.8. The molecule has 33 heavy (non-hydrogen) atoms. The molecule has 1 fully saturated rings. The Morgan fingerprint density at radius 3 is 2.45 bits per heavy atom. The Hall–Kier alpha value is -3.41. The third-order valence-corrected chi connectivity index (χ3v) is 5.99. The van der Waals surface area contributed by atoms with Crippen molar-refractivity contribution in [2.75, 3.05) is 23.7 Å². The number of hydrogen-bond acceptors (Lipinski definition) is 6. The zero-order valence-electron chi connectivity index (χ0n) is 17.1. The van der Waals surface area contributed by atoms with Crippen molar-refractivity contribution in [1.82, 2.24) is 4.98 Å². The van der Waals surface area contributed by atoms with Crippen LogP contribution < -0.4 is 15.4 Å². The largest absolute Gasteiger partial charge is 0.486 e. The molecule has 0 amide bonds. The van der Waals surface area contributed by atoms with E-state index < -0.39 is 11.6 Å². The lowest BCUT2D eigenvalue weighted by molar-refractivity contribution is 0.290. The SMILES string of the molecule is N#Cc1cc(C(=N)c2cc(OCc3c(Cl)cncc3Cl)c(F)cc2N)cc(F)c1N1CCC1. The van der Waals surface area contributed by atoms with Gasteiger partial charge in [0.15, 0.2) is 11.6 Å². The zero-order chi connectivity index (χ0) is 23.7. The fraction of sp³-hybridized carbons (Fsp3) is 0.174. The van der Waals surface area contributed by atoms with Crippen LogP contribution in [0.15, 0.2) is 36.7 Å². The molecular weight excluding hydrogens is 471 g/mol. The maximum atomic E-state index is 14.8. The molecule has 0 aliphatic carbocycles. The van der Waals surface area contributed by atoms with Crippen molar-refractivity contribution in [3.8, 4) is 11.8 Å². The van der Waals surface area contributed by atoms with Crippen LogP contribution in [0.1, 0.15) is 28.7 Å². The van der Waals surface area contributed by atoms with E-state index in [-0.39, 0.29) is 56.2 Å². The predicted octanol–water partition coefficient (Wildman–Crippen LogP) is 5.33. The average Bonchev–Trinajstić information content (AvgIpc) is 2.74. The monoisotopic (exact) mass is 487 g/mol. The number of nitriles is 1. The molecule has 3 aromatic rings. The van der Waals surface area contributed by atoms with Gasteiger partial charge in [0.25, 0.3) is 0 Å². The second-order valence-corrected chi connectivity index (χ2v) is 8.24. The van der Waals surface area contributed by atoms with Gasteiger partial charge in [0.2, 0.25) is 0 Å². The molecule has 3 N–H and O–H groups in total. The zero-order valence-corrected chi connectivity index (χ0v) is 18.6. The number of halogens is 4. The molecule has 10 heteroatoms. The van der Waals surface area contributed by atoms with Crippen LogP contribution >= 0.6 is 23.2 Å². The van der Waals surface area contributed by atoms with E-state index in [1.807, 2.05) is 6.07 Å². The van der Waals surface area contributed by atoms with Gasteiger partial charge in [-0.3, -0.25) is 10.4 Å². The summed E-state index contributed by atoms with van der Waals surface area (Å²) in [5.41, 5.74) is 6.76. The van der Waals surface area contributed by atoms with Crippen molar-refractivity contribution in [3.63, 3.8) is 0 Å². The van der Waals surface area contributed by atoms with Crippen LogP contribution in [0, 0.1) is 28.4 Å². The van der Waals surface area contributed by atoms with E-state index in [0.717, 1.165) is 12.5 Å². The number of anilines is 2. The molecule has 2 aromatic carbocycles. The molecule has 1 aromatic heterocycles. The number of nitrogens with two attached hydrogens (primary N) is 1. The topological polar surface area (TPSA) is 99.0 Å². The molecule has 1 aliphatic rings. The minimum atomic E-state index is -0.748. The fourth-order valence-electron chi connectivity index (χ4n) is 3.47. The summed E-state index contributed by atoms with van der Waals surface area (Å²) in [4.78, 5) is 5.62. The first kappa shape index (κ1) is 22.8. The molecule has 0 saturated carbocycles. The number of nitrogens with one attached hydrogen (secondary N) is 1. The van der Waals surface area contributed by atoms with E-state index in [1.165, 1.54) is 30.6 Å². The quantitative estimate of drug-likeness (QED) is 0.361. The Morgan fingerprint density at radius 2 is 1.85 bits per heavy atom. The molecule has 1 aliphatic heterocycles. The van der Waals surface area contributed by atoms with Gasteiger partial charge in [0.05, 0.1) is 27.0 Å². The van der Waals surface area contributed by atoms with Gasteiger partial charge in [0.1, 0.15) is 18.5 Å². The Labute approximate surface area is 198 Å². The third kappa shape index (κ3) is 4.42. The Kier molecular flexibility index (Phi) is 6.36. The number of benzene rings is 2. The summed E-state index contributed by atoms with van der Waals surface area (Å²) in [6.45, 7) is 1.19. The summed E-state index contributed by atoms with van der Waals surface area (Å²) in [5.74, 6) is -1.54. The van der Waals surface area contributed by atoms with Crippen LogP contribution in [0.2, 0.25) is 10.0 Å². The van der Waals surface area contributed by atoms with Crippen LogP contribution in [0.4, 0.5) is 20.2 Å². The first-order valence-electron chi connectivity index (χ1n) is 9.87. The molecule has 6 nitrogen and oxygen atoms in total. The van der Waals surface area contributed by atoms with Crippen LogP contribution in [0.5, 0.6) is 5.75 Å². The lowest BCUT2D eigenvalue weighted by atomic mass is 9.97. The van der Waals surface area contributed by atoms with Gasteiger partial charge in [-0.15, -0.1) is 0 Å². The number of hydrogen-bond donors (Lipinski definition) is 2. The molecule has 0 radical (unpaired) electrons. The number of rotatable bonds is 6. The number of ether oxygens (including phenoxy) is 1. The van der Waals surface area contributed by atoms with E-state index in [9.17, 15) is 14.0 Å².